The number of nitrogens with zero attached hydrogens (tertiary/aromatic N) is 6. The molecule has 0 bridgehead atoms. The molecule has 0 spiro atoms. The van der Waals surface area contributed by atoms with Crippen LogP contribution in [0, 0.1) is 0 Å². The van der Waals surface area contributed by atoms with Crippen molar-refractivity contribution in [1.82, 2.24) is 29.4 Å². The van der Waals surface area contributed by atoms with Crippen molar-refractivity contribution in [2.75, 3.05) is 0 Å². The Kier molecular flexibility index (Phi) is 3.86. The molecule has 0 aliphatic carbocycles. The van der Waals surface area contributed by atoms with Gasteiger partial charge in [-0.2, -0.15) is 14.6 Å². The Hall–Kier alpha value is -1.96. The molecule has 0 saturated carbocycles. The van der Waals surface area contributed by atoms with Crippen LogP contribution in [0.5, 0.6) is 5.75 Å². The van der Waals surface area contributed by atoms with Gasteiger partial charge in [-0.15, -0.1) is 5.10 Å². The molecule has 3 heterocycles. The van der Waals surface area contributed by atoms with E-state index in [4.69, 9.17) is 4.74 Å². The Morgan fingerprint density at radius 1 is 1.23 bits per heavy atom. The van der Waals surface area contributed by atoms with Crippen LogP contribution in [0.4, 0.5) is 0 Å². The van der Waals surface area contributed by atoms with Gasteiger partial charge >= 0.3 is 0 Å². The fourth-order valence-corrected chi connectivity index (χ4v) is 2.44. The molecular weight excluding hydrogens is 348 g/mol. The molecule has 0 unspecified atom stereocenters. The number of halogens is 1. The highest BCUT2D eigenvalue weighted by Crippen LogP contribution is 2.32. The zero-order chi connectivity index (χ0) is 15.9. The summed E-state index contributed by atoms with van der Waals surface area (Å²) in [6, 6.07) is 0.286. The first kappa shape index (κ1) is 15.0. The van der Waals surface area contributed by atoms with Crippen LogP contribution >= 0.6 is 15.9 Å². The van der Waals surface area contributed by atoms with Crippen LogP contribution in [-0.2, 0) is 0 Å². The van der Waals surface area contributed by atoms with E-state index in [0.717, 1.165) is 5.56 Å². The lowest BCUT2D eigenvalue weighted by Crippen LogP contribution is -2.09. The van der Waals surface area contributed by atoms with Crippen molar-refractivity contribution in [2.45, 2.75) is 39.8 Å². The molecule has 0 fully saturated rings. The standard InChI is InChI=1S/C14H17BrN6O/c1-8(2)20-6-10(5-17-20)11-12(22-9(3)4)13-18-14(15)19-21(13)7-16-11/h5-9H,1-4H3. The van der Waals surface area contributed by atoms with Crippen molar-refractivity contribution in [2.24, 2.45) is 0 Å². The predicted octanol–water partition coefficient (Wildman–Crippen LogP) is 3.12. The lowest BCUT2D eigenvalue weighted by atomic mass is 10.2. The van der Waals surface area contributed by atoms with Gasteiger partial charge in [-0.25, -0.2) is 4.98 Å². The third-order valence-corrected chi connectivity index (χ3v) is 3.41. The Morgan fingerprint density at radius 3 is 2.64 bits per heavy atom. The molecule has 22 heavy (non-hydrogen) atoms. The highest BCUT2D eigenvalue weighted by Gasteiger charge is 2.19. The summed E-state index contributed by atoms with van der Waals surface area (Å²) in [6.07, 6.45) is 5.38. The summed E-state index contributed by atoms with van der Waals surface area (Å²) in [5.41, 5.74) is 2.24. The van der Waals surface area contributed by atoms with Gasteiger partial charge < -0.3 is 4.74 Å². The van der Waals surface area contributed by atoms with E-state index in [2.05, 4.69) is 49.9 Å². The second-order valence-electron chi connectivity index (χ2n) is 5.54. The topological polar surface area (TPSA) is 70.1 Å². The van der Waals surface area contributed by atoms with Crippen molar-refractivity contribution in [3.05, 3.63) is 23.5 Å². The third-order valence-electron chi connectivity index (χ3n) is 3.08. The van der Waals surface area contributed by atoms with Gasteiger partial charge in [0.1, 0.15) is 12.0 Å². The van der Waals surface area contributed by atoms with E-state index in [1.807, 2.05) is 24.7 Å². The first-order chi connectivity index (χ1) is 10.5. The van der Waals surface area contributed by atoms with Gasteiger partial charge in [-0.1, -0.05) is 0 Å². The molecule has 0 aliphatic rings. The highest BCUT2D eigenvalue weighted by molar-refractivity contribution is 9.10. The highest BCUT2D eigenvalue weighted by atomic mass is 79.9. The maximum atomic E-state index is 5.95. The average Bonchev–Trinajstić information content (AvgIpc) is 3.04. The quantitative estimate of drug-likeness (QED) is 0.711. The molecule has 116 valence electrons. The van der Waals surface area contributed by atoms with Gasteiger partial charge in [0.15, 0.2) is 5.75 Å². The molecule has 0 atom stereocenters. The lowest BCUT2D eigenvalue weighted by Gasteiger charge is -2.13. The van der Waals surface area contributed by atoms with Crippen LogP contribution in [0.1, 0.15) is 33.7 Å². The van der Waals surface area contributed by atoms with Crippen LogP contribution in [0.2, 0.25) is 0 Å². The van der Waals surface area contributed by atoms with Crippen molar-refractivity contribution in [3.63, 3.8) is 0 Å². The van der Waals surface area contributed by atoms with Crippen molar-refractivity contribution >= 4 is 21.6 Å². The number of hydrogen-bond donors (Lipinski definition) is 0. The Labute approximate surface area is 136 Å². The summed E-state index contributed by atoms with van der Waals surface area (Å²) in [5.74, 6) is 0.610. The van der Waals surface area contributed by atoms with Crippen LogP contribution in [0.15, 0.2) is 23.5 Å². The Morgan fingerprint density at radius 2 is 2.00 bits per heavy atom. The predicted molar refractivity (Wildman–Crippen MR) is 85.9 cm³/mol. The van der Waals surface area contributed by atoms with Gasteiger partial charge in [0.05, 0.1) is 12.3 Å². The fourth-order valence-electron chi connectivity index (χ4n) is 2.10. The minimum Gasteiger partial charge on any atom is -0.485 e. The van der Waals surface area contributed by atoms with Crippen LogP contribution in [0.25, 0.3) is 16.9 Å². The van der Waals surface area contributed by atoms with Crippen molar-refractivity contribution in [3.8, 4) is 17.0 Å². The summed E-state index contributed by atoms with van der Waals surface area (Å²) in [7, 11) is 0. The number of aromatic nitrogens is 6. The molecule has 3 rings (SSSR count). The van der Waals surface area contributed by atoms with E-state index in [1.165, 1.54) is 0 Å². The van der Waals surface area contributed by atoms with Crippen molar-refractivity contribution < 1.29 is 4.74 Å². The number of fused-ring (bicyclic) bond motifs is 1. The maximum absolute atomic E-state index is 5.95. The van der Waals surface area contributed by atoms with Gasteiger partial charge in [-0.3, -0.25) is 4.68 Å². The molecule has 8 heteroatoms. The largest absolute Gasteiger partial charge is 0.485 e. The van der Waals surface area contributed by atoms with Crippen LogP contribution < -0.4 is 4.74 Å². The zero-order valence-electron chi connectivity index (χ0n) is 12.9. The monoisotopic (exact) mass is 364 g/mol. The van der Waals surface area contributed by atoms with Crippen LogP contribution in [-0.4, -0.2) is 35.5 Å². The third kappa shape index (κ3) is 2.70. The zero-order valence-corrected chi connectivity index (χ0v) is 14.4. The molecule has 0 radical (unpaired) electrons. The van der Waals surface area contributed by atoms with E-state index < -0.39 is 0 Å². The van der Waals surface area contributed by atoms with Crippen molar-refractivity contribution in [1.29, 1.82) is 0 Å². The molecule has 0 aromatic carbocycles. The molecular formula is C14H17BrN6O. The van der Waals surface area contributed by atoms with Gasteiger partial charge in [0.2, 0.25) is 10.4 Å². The van der Waals surface area contributed by atoms with E-state index in [1.54, 1.807) is 17.0 Å². The first-order valence-corrected chi connectivity index (χ1v) is 7.87. The number of hydrogen-bond acceptors (Lipinski definition) is 5. The molecule has 3 aromatic heterocycles. The van der Waals surface area contributed by atoms with E-state index in [0.29, 0.717) is 21.8 Å². The van der Waals surface area contributed by atoms with E-state index in [-0.39, 0.29) is 12.1 Å². The molecule has 0 N–H and O–H groups in total. The van der Waals surface area contributed by atoms with Crippen LogP contribution in [0.3, 0.4) is 0 Å². The number of rotatable bonds is 4. The van der Waals surface area contributed by atoms with E-state index >= 15 is 0 Å². The van der Waals surface area contributed by atoms with Gasteiger partial charge in [-0.05, 0) is 43.6 Å². The normalized spacial score (nSPS) is 11.8. The smallest absolute Gasteiger partial charge is 0.218 e. The Balaban J connectivity index is 2.18. The SMILES string of the molecule is CC(C)Oc1c(-c2cnn(C(C)C)c2)ncn2nc(Br)nc12. The lowest BCUT2D eigenvalue weighted by molar-refractivity contribution is 0.244. The van der Waals surface area contributed by atoms with E-state index in [9.17, 15) is 0 Å². The maximum Gasteiger partial charge on any atom is 0.218 e. The molecule has 0 aliphatic heterocycles. The minimum absolute atomic E-state index is 0.00219. The second kappa shape index (κ2) is 5.68. The summed E-state index contributed by atoms with van der Waals surface area (Å²) >= 11 is 3.29. The van der Waals surface area contributed by atoms with Gasteiger partial charge in [0, 0.05) is 17.8 Å². The summed E-state index contributed by atoms with van der Waals surface area (Å²) in [4.78, 5) is 8.85. The summed E-state index contributed by atoms with van der Waals surface area (Å²) in [5, 5.41) is 8.57. The molecule has 0 amide bonds. The summed E-state index contributed by atoms with van der Waals surface area (Å²) in [6.45, 7) is 8.09. The summed E-state index contributed by atoms with van der Waals surface area (Å²) < 4.78 is 9.93. The fraction of sp³-hybridized carbons (Fsp3) is 0.429. The number of ether oxygens (including phenoxy) is 1. The minimum atomic E-state index is 0.00219. The molecule has 0 saturated heterocycles. The first-order valence-electron chi connectivity index (χ1n) is 7.07. The average molecular weight is 365 g/mol. The Bertz CT molecular complexity index is 807. The van der Waals surface area contributed by atoms with Gasteiger partial charge in [0.25, 0.3) is 0 Å². The molecule has 3 aromatic rings. The molecule has 7 nitrogen and oxygen atoms in total. The second-order valence-corrected chi connectivity index (χ2v) is 6.25.